The molecule has 0 aliphatic rings. The Hall–Kier alpha value is -2.13. The lowest BCUT2D eigenvalue weighted by atomic mass is 10.1. The number of hydrogen-bond acceptors (Lipinski definition) is 1. The number of benzene rings is 2. The second-order valence-electron chi connectivity index (χ2n) is 4.47. The van der Waals surface area contributed by atoms with Crippen LogP contribution in [0, 0.1) is 5.82 Å². The molecule has 2 nitrogen and oxygen atoms in total. The van der Waals surface area contributed by atoms with Crippen molar-refractivity contribution < 1.29 is 9.18 Å². The predicted octanol–water partition coefficient (Wildman–Crippen LogP) is 4.69. The van der Waals surface area contributed by atoms with Gasteiger partial charge in [0.1, 0.15) is 5.82 Å². The molecule has 2 aromatic rings. The summed E-state index contributed by atoms with van der Waals surface area (Å²) in [6.45, 7) is 2.01. The molecular weight excluding hydrogens is 289 g/mol. The SMILES string of the molecule is CCc1ccccc1NC(=O)/C=C/c1c(F)cccc1Cl. The predicted molar refractivity (Wildman–Crippen MR) is 84.9 cm³/mol. The van der Waals surface area contributed by atoms with Crippen molar-refractivity contribution in [3.05, 3.63) is 70.5 Å². The Morgan fingerprint density at radius 1 is 1.24 bits per heavy atom. The van der Waals surface area contributed by atoms with Gasteiger partial charge in [-0.15, -0.1) is 0 Å². The van der Waals surface area contributed by atoms with Crippen molar-refractivity contribution in [2.45, 2.75) is 13.3 Å². The number of anilines is 1. The number of carbonyl (C=O) groups is 1. The Kier molecular flexibility index (Phi) is 5.12. The number of rotatable bonds is 4. The number of hydrogen-bond donors (Lipinski definition) is 1. The minimum Gasteiger partial charge on any atom is -0.322 e. The molecule has 0 aliphatic carbocycles. The van der Waals surface area contributed by atoms with Gasteiger partial charge in [0.25, 0.3) is 0 Å². The van der Waals surface area contributed by atoms with Crippen molar-refractivity contribution >= 4 is 29.3 Å². The molecule has 21 heavy (non-hydrogen) atoms. The fourth-order valence-electron chi connectivity index (χ4n) is 1.95. The Balaban J connectivity index is 2.13. The Morgan fingerprint density at radius 2 is 2.00 bits per heavy atom. The number of nitrogens with one attached hydrogen (secondary N) is 1. The van der Waals surface area contributed by atoms with Gasteiger partial charge in [0, 0.05) is 17.3 Å². The molecule has 0 fully saturated rings. The third-order valence-electron chi connectivity index (χ3n) is 3.06. The highest BCUT2D eigenvalue weighted by atomic mass is 35.5. The number of aryl methyl sites for hydroxylation is 1. The fraction of sp³-hybridized carbons (Fsp3) is 0.118. The standard InChI is InChI=1S/C17H15ClFNO/c1-2-12-6-3-4-9-16(12)20-17(21)11-10-13-14(18)7-5-8-15(13)19/h3-11H,2H2,1H3,(H,20,21)/b11-10+. The largest absolute Gasteiger partial charge is 0.322 e. The maximum absolute atomic E-state index is 13.6. The summed E-state index contributed by atoms with van der Waals surface area (Å²) in [5, 5.41) is 3.05. The van der Waals surface area contributed by atoms with E-state index >= 15 is 0 Å². The first-order chi connectivity index (χ1) is 10.1. The van der Waals surface area contributed by atoms with Crippen LogP contribution in [0.1, 0.15) is 18.1 Å². The zero-order chi connectivity index (χ0) is 15.2. The molecule has 2 aromatic carbocycles. The molecular formula is C17H15ClFNO. The van der Waals surface area contributed by atoms with Crippen molar-refractivity contribution in [3.8, 4) is 0 Å². The topological polar surface area (TPSA) is 29.1 Å². The Morgan fingerprint density at radius 3 is 2.71 bits per heavy atom. The molecule has 0 unspecified atom stereocenters. The van der Waals surface area contributed by atoms with E-state index in [9.17, 15) is 9.18 Å². The van der Waals surface area contributed by atoms with Gasteiger partial charge in [-0.25, -0.2) is 4.39 Å². The van der Waals surface area contributed by atoms with Crippen LogP contribution in [0.3, 0.4) is 0 Å². The van der Waals surface area contributed by atoms with Crippen LogP contribution in [0.25, 0.3) is 6.08 Å². The minimum absolute atomic E-state index is 0.207. The zero-order valence-electron chi connectivity index (χ0n) is 11.6. The van der Waals surface area contributed by atoms with E-state index in [4.69, 9.17) is 11.6 Å². The number of carbonyl (C=O) groups excluding carboxylic acids is 1. The van der Waals surface area contributed by atoms with Crippen LogP contribution in [0.15, 0.2) is 48.5 Å². The molecule has 0 saturated carbocycles. The molecule has 1 N–H and O–H groups in total. The molecule has 0 saturated heterocycles. The monoisotopic (exact) mass is 303 g/mol. The molecule has 1 amide bonds. The molecule has 2 rings (SSSR count). The summed E-state index contributed by atoms with van der Waals surface area (Å²) in [7, 11) is 0. The van der Waals surface area contributed by atoms with Gasteiger partial charge in [-0.2, -0.15) is 0 Å². The minimum atomic E-state index is -0.458. The Labute approximate surface area is 128 Å². The van der Waals surface area contributed by atoms with Gasteiger partial charge >= 0.3 is 0 Å². The van der Waals surface area contributed by atoms with Crippen molar-refractivity contribution in [1.29, 1.82) is 0 Å². The maximum Gasteiger partial charge on any atom is 0.248 e. The first-order valence-corrected chi connectivity index (χ1v) is 7.00. The Bertz CT molecular complexity index is 662. The van der Waals surface area contributed by atoms with E-state index in [0.717, 1.165) is 17.7 Å². The molecule has 0 spiro atoms. The lowest BCUT2D eigenvalue weighted by molar-refractivity contribution is -0.111. The number of para-hydroxylation sites is 1. The average Bonchev–Trinajstić information content (AvgIpc) is 2.47. The van der Waals surface area contributed by atoms with Crippen LogP contribution in [0.5, 0.6) is 0 Å². The third-order valence-corrected chi connectivity index (χ3v) is 3.39. The number of amides is 1. The quantitative estimate of drug-likeness (QED) is 0.815. The van der Waals surface area contributed by atoms with E-state index in [-0.39, 0.29) is 16.5 Å². The van der Waals surface area contributed by atoms with E-state index in [1.807, 2.05) is 31.2 Å². The third kappa shape index (κ3) is 3.92. The smallest absolute Gasteiger partial charge is 0.248 e. The molecule has 0 bridgehead atoms. The molecule has 108 valence electrons. The van der Waals surface area contributed by atoms with Crippen LogP contribution < -0.4 is 5.32 Å². The van der Waals surface area contributed by atoms with Crippen molar-refractivity contribution in [3.63, 3.8) is 0 Å². The second kappa shape index (κ2) is 7.04. The van der Waals surface area contributed by atoms with Crippen molar-refractivity contribution in [1.82, 2.24) is 0 Å². The summed E-state index contributed by atoms with van der Waals surface area (Å²) in [5.74, 6) is -0.782. The van der Waals surface area contributed by atoms with Gasteiger partial charge in [-0.05, 0) is 36.3 Å². The summed E-state index contributed by atoms with van der Waals surface area (Å²) in [4.78, 5) is 11.9. The van der Waals surface area contributed by atoms with Crippen LogP contribution in [0.4, 0.5) is 10.1 Å². The first-order valence-electron chi connectivity index (χ1n) is 6.62. The highest BCUT2D eigenvalue weighted by molar-refractivity contribution is 6.32. The first kappa shape index (κ1) is 15.3. The van der Waals surface area contributed by atoms with Crippen LogP contribution in [-0.4, -0.2) is 5.91 Å². The van der Waals surface area contributed by atoms with Gasteiger partial charge in [0.05, 0.1) is 5.02 Å². The summed E-state index contributed by atoms with van der Waals surface area (Å²) < 4.78 is 13.6. The van der Waals surface area contributed by atoms with E-state index < -0.39 is 5.82 Å². The molecule has 0 atom stereocenters. The van der Waals surface area contributed by atoms with Gasteiger partial charge in [0.15, 0.2) is 0 Å². The van der Waals surface area contributed by atoms with Crippen molar-refractivity contribution in [2.75, 3.05) is 5.32 Å². The molecule has 4 heteroatoms. The lowest BCUT2D eigenvalue weighted by Gasteiger charge is -2.07. The zero-order valence-corrected chi connectivity index (χ0v) is 12.3. The average molecular weight is 304 g/mol. The molecule has 0 heterocycles. The van der Waals surface area contributed by atoms with Crippen LogP contribution in [-0.2, 0) is 11.2 Å². The molecule has 0 aliphatic heterocycles. The van der Waals surface area contributed by atoms with Gasteiger partial charge in [0.2, 0.25) is 5.91 Å². The summed E-state index contributed by atoms with van der Waals surface area (Å²) in [6, 6.07) is 12.0. The van der Waals surface area contributed by atoms with E-state index in [1.165, 1.54) is 24.3 Å². The van der Waals surface area contributed by atoms with Gasteiger partial charge in [-0.3, -0.25) is 4.79 Å². The summed E-state index contributed by atoms with van der Waals surface area (Å²) in [6.07, 6.45) is 3.47. The highest BCUT2D eigenvalue weighted by Crippen LogP contribution is 2.20. The molecule has 0 radical (unpaired) electrons. The fourth-order valence-corrected chi connectivity index (χ4v) is 2.18. The van der Waals surface area contributed by atoms with Crippen molar-refractivity contribution in [2.24, 2.45) is 0 Å². The van der Waals surface area contributed by atoms with E-state index in [0.29, 0.717) is 0 Å². The van der Waals surface area contributed by atoms with E-state index in [2.05, 4.69) is 5.32 Å². The summed E-state index contributed by atoms with van der Waals surface area (Å²) in [5.41, 5.74) is 2.01. The normalized spacial score (nSPS) is 10.8. The maximum atomic E-state index is 13.6. The van der Waals surface area contributed by atoms with Gasteiger partial charge in [-0.1, -0.05) is 42.8 Å². The van der Waals surface area contributed by atoms with Crippen LogP contribution >= 0.6 is 11.6 Å². The highest BCUT2D eigenvalue weighted by Gasteiger charge is 2.05. The number of halogens is 2. The summed E-state index contributed by atoms with van der Waals surface area (Å²) >= 11 is 5.90. The second-order valence-corrected chi connectivity index (χ2v) is 4.88. The van der Waals surface area contributed by atoms with Gasteiger partial charge < -0.3 is 5.32 Å². The van der Waals surface area contributed by atoms with Crippen LogP contribution in [0.2, 0.25) is 5.02 Å². The molecule has 0 aromatic heterocycles. The lowest BCUT2D eigenvalue weighted by Crippen LogP contribution is -2.09. The van der Waals surface area contributed by atoms with E-state index in [1.54, 1.807) is 6.07 Å².